The van der Waals surface area contributed by atoms with Gasteiger partial charge in [-0.2, -0.15) is 0 Å². The molecule has 2 aromatic rings. The summed E-state index contributed by atoms with van der Waals surface area (Å²) in [6, 6.07) is 3.71. The van der Waals surface area contributed by atoms with Crippen molar-refractivity contribution in [2.24, 2.45) is 0 Å². The van der Waals surface area contributed by atoms with E-state index in [1.807, 2.05) is 62.6 Å². The normalized spacial score (nSPS) is 15.1. The predicted octanol–water partition coefficient (Wildman–Crippen LogP) is 3.37. The van der Waals surface area contributed by atoms with Crippen LogP contribution >= 0.6 is 0 Å². The summed E-state index contributed by atoms with van der Waals surface area (Å²) in [4.78, 5) is 21.2. The van der Waals surface area contributed by atoms with Crippen LogP contribution in [0.15, 0.2) is 36.6 Å². The fourth-order valence-corrected chi connectivity index (χ4v) is 2.65. The molecule has 0 fully saturated rings. The van der Waals surface area contributed by atoms with Crippen LogP contribution in [0.2, 0.25) is 0 Å². The largest absolute Gasteiger partial charge is 0.372 e. The first-order valence-corrected chi connectivity index (χ1v) is 8.03. The highest BCUT2D eigenvalue weighted by Crippen LogP contribution is 2.26. The first-order valence-electron chi connectivity index (χ1n) is 8.03. The molecular weight excluding hydrogens is 304 g/mol. The minimum absolute atomic E-state index is 0.132. The van der Waals surface area contributed by atoms with E-state index >= 15 is 0 Å². The molecule has 1 aliphatic rings. The Morgan fingerprint density at radius 3 is 2.79 bits per heavy atom. The molecule has 2 heterocycles. The van der Waals surface area contributed by atoms with Gasteiger partial charge in [-0.05, 0) is 52.0 Å². The van der Waals surface area contributed by atoms with Gasteiger partial charge in [-0.3, -0.25) is 14.7 Å². The fraction of sp³-hybridized carbons (Fsp3) is 0.389. The molecule has 0 spiro atoms. The first kappa shape index (κ1) is 16.4. The van der Waals surface area contributed by atoms with Crippen molar-refractivity contribution in [1.82, 2.24) is 14.5 Å². The van der Waals surface area contributed by atoms with Crippen LogP contribution < -0.4 is 5.32 Å². The van der Waals surface area contributed by atoms with Crippen molar-refractivity contribution >= 4 is 28.7 Å². The molecule has 0 unspecified atom stereocenters. The van der Waals surface area contributed by atoms with Crippen LogP contribution in [-0.4, -0.2) is 32.1 Å². The molecule has 1 amide bonds. The summed E-state index contributed by atoms with van der Waals surface area (Å²) >= 11 is 0. The van der Waals surface area contributed by atoms with Gasteiger partial charge in [0.15, 0.2) is 5.65 Å². The van der Waals surface area contributed by atoms with Gasteiger partial charge in [-0.1, -0.05) is 6.08 Å². The highest BCUT2D eigenvalue weighted by atomic mass is 16.5. The van der Waals surface area contributed by atoms with Gasteiger partial charge in [-0.15, -0.1) is 0 Å². The second-order valence-corrected chi connectivity index (χ2v) is 6.86. The smallest absolute Gasteiger partial charge is 0.229 e. The Morgan fingerprint density at radius 1 is 1.42 bits per heavy atom. The van der Waals surface area contributed by atoms with E-state index in [0.717, 1.165) is 16.9 Å². The van der Waals surface area contributed by atoms with Crippen LogP contribution in [0.5, 0.6) is 0 Å². The molecule has 0 bridgehead atoms. The fourth-order valence-electron chi connectivity index (χ4n) is 2.65. The van der Waals surface area contributed by atoms with Gasteiger partial charge in [-0.25, -0.2) is 9.97 Å². The van der Waals surface area contributed by atoms with Crippen LogP contribution in [-0.2, 0) is 9.53 Å². The Balaban J connectivity index is 1.79. The number of pyridine rings is 1. The molecular formula is C18H22N4O2. The molecule has 1 atom stereocenters. The maximum Gasteiger partial charge on any atom is 0.229 e. The molecule has 0 saturated heterocycles. The number of hydrogen-bond donors (Lipinski definition) is 1. The Morgan fingerprint density at radius 2 is 2.17 bits per heavy atom. The summed E-state index contributed by atoms with van der Waals surface area (Å²) in [5.74, 6) is 0.347. The van der Waals surface area contributed by atoms with Gasteiger partial charge in [0.25, 0.3) is 0 Å². The lowest BCUT2D eigenvalue weighted by molar-refractivity contribution is -0.121. The maximum absolute atomic E-state index is 12.4. The number of rotatable bonds is 5. The number of carbonyl (C=O) groups excluding carboxylic acids is 1. The van der Waals surface area contributed by atoms with Crippen molar-refractivity contribution in [3.8, 4) is 0 Å². The zero-order valence-electron chi connectivity index (χ0n) is 14.4. The molecule has 0 saturated carbocycles. The summed E-state index contributed by atoms with van der Waals surface area (Å²) in [6.45, 7) is 7.82. The second kappa shape index (κ2) is 6.20. The van der Waals surface area contributed by atoms with Crippen LogP contribution in [0.3, 0.4) is 0 Å². The number of nitrogens with zero attached hydrogens (tertiary/aromatic N) is 3. The Hall–Kier alpha value is -2.47. The molecule has 3 rings (SSSR count). The monoisotopic (exact) mass is 326 g/mol. The van der Waals surface area contributed by atoms with Gasteiger partial charge < -0.3 is 4.74 Å². The Kier molecular flexibility index (Phi) is 4.24. The number of hydrogen-bond acceptors (Lipinski definition) is 4. The molecule has 0 aliphatic heterocycles. The number of fused-ring (bicyclic) bond motifs is 1. The predicted molar refractivity (Wildman–Crippen MR) is 94.5 cm³/mol. The zero-order valence-corrected chi connectivity index (χ0v) is 14.4. The van der Waals surface area contributed by atoms with Crippen molar-refractivity contribution in [2.75, 3.05) is 5.32 Å². The number of nitrogens with one attached hydrogen (secondary N) is 1. The molecule has 1 aliphatic carbocycles. The standard InChI is InChI=1S/C18H22N4O2/c1-12(24-18(2,3)4)11-15(23)21-17-20-14-9-6-10-19-16(14)22(17)13-7-5-8-13/h5-10,12H,11H2,1-4H3,(H,20,21,23)/t12-/m0/s1. The van der Waals surface area contributed by atoms with E-state index in [0.29, 0.717) is 5.95 Å². The van der Waals surface area contributed by atoms with Crippen molar-refractivity contribution in [3.63, 3.8) is 0 Å². The van der Waals surface area contributed by atoms with E-state index in [2.05, 4.69) is 15.3 Å². The SMILES string of the molecule is C[C@@H](CC(=O)Nc1nc2cccnc2n1C1=CC=C1)OC(C)(C)C. The Labute approximate surface area is 141 Å². The highest BCUT2D eigenvalue weighted by molar-refractivity contribution is 5.93. The summed E-state index contributed by atoms with van der Waals surface area (Å²) < 4.78 is 7.64. The zero-order chi connectivity index (χ0) is 17.3. The second-order valence-electron chi connectivity index (χ2n) is 6.86. The van der Waals surface area contributed by atoms with Crippen molar-refractivity contribution < 1.29 is 9.53 Å². The lowest BCUT2D eigenvalue weighted by Gasteiger charge is -2.24. The van der Waals surface area contributed by atoms with Gasteiger partial charge >= 0.3 is 0 Å². The Bertz CT molecular complexity index is 827. The molecule has 0 radical (unpaired) electrons. The number of carbonyl (C=O) groups is 1. The number of imidazole rings is 1. The lowest BCUT2D eigenvalue weighted by Crippen LogP contribution is -2.29. The summed E-state index contributed by atoms with van der Waals surface area (Å²) in [5.41, 5.74) is 2.14. The third-order valence-corrected chi connectivity index (χ3v) is 3.49. The number of aromatic nitrogens is 3. The molecule has 6 heteroatoms. The number of allylic oxidation sites excluding steroid dienone is 4. The van der Waals surface area contributed by atoms with E-state index in [1.54, 1.807) is 6.20 Å². The van der Waals surface area contributed by atoms with Crippen molar-refractivity contribution in [3.05, 3.63) is 36.6 Å². The molecule has 24 heavy (non-hydrogen) atoms. The highest BCUT2D eigenvalue weighted by Gasteiger charge is 2.21. The van der Waals surface area contributed by atoms with Crippen LogP contribution in [0.1, 0.15) is 34.1 Å². The van der Waals surface area contributed by atoms with E-state index < -0.39 is 0 Å². The number of anilines is 1. The summed E-state index contributed by atoms with van der Waals surface area (Å²) in [7, 11) is 0. The quantitative estimate of drug-likeness (QED) is 0.914. The van der Waals surface area contributed by atoms with Gasteiger partial charge in [0, 0.05) is 6.20 Å². The van der Waals surface area contributed by atoms with Gasteiger partial charge in [0.2, 0.25) is 11.9 Å². The molecule has 6 nitrogen and oxygen atoms in total. The van der Waals surface area contributed by atoms with Gasteiger partial charge in [0.1, 0.15) is 5.52 Å². The molecule has 2 aromatic heterocycles. The average molecular weight is 326 g/mol. The van der Waals surface area contributed by atoms with E-state index in [1.165, 1.54) is 0 Å². The summed E-state index contributed by atoms with van der Waals surface area (Å²) in [5, 5.41) is 2.88. The van der Waals surface area contributed by atoms with Gasteiger partial charge in [0.05, 0.1) is 23.8 Å². The maximum atomic E-state index is 12.4. The number of amides is 1. The molecule has 126 valence electrons. The van der Waals surface area contributed by atoms with Crippen molar-refractivity contribution in [1.29, 1.82) is 0 Å². The van der Waals surface area contributed by atoms with Crippen molar-refractivity contribution in [2.45, 2.75) is 45.8 Å². The third kappa shape index (κ3) is 3.54. The van der Waals surface area contributed by atoms with Crippen LogP contribution in [0, 0.1) is 0 Å². The summed E-state index contributed by atoms with van der Waals surface area (Å²) in [6.07, 6.45) is 7.66. The topological polar surface area (TPSA) is 69.0 Å². The van der Waals surface area contributed by atoms with E-state index in [4.69, 9.17) is 4.74 Å². The minimum Gasteiger partial charge on any atom is -0.372 e. The van der Waals surface area contributed by atoms with E-state index in [-0.39, 0.29) is 24.0 Å². The average Bonchev–Trinajstić information content (AvgIpc) is 2.73. The third-order valence-electron chi connectivity index (χ3n) is 3.49. The molecule has 0 aromatic carbocycles. The minimum atomic E-state index is -0.279. The molecule has 1 N–H and O–H groups in total. The van der Waals surface area contributed by atoms with Crippen LogP contribution in [0.25, 0.3) is 16.9 Å². The van der Waals surface area contributed by atoms with E-state index in [9.17, 15) is 4.79 Å². The van der Waals surface area contributed by atoms with Crippen LogP contribution in [0.4, 0.5) is 5.95 Å². The first-order chi connectivity index (χ1) is 11.3. The lowest BCUT2D eigenvalue weighted by atomic mass is 10.1. The number of ether oxygens (including phenoxy) is 1.